The number of hydrogen-bond acceptors (Lipinski definition) is 2. The van der Waals surface area contributed by atoms with E-state index >= 15 is 0 Å². The summed E-state index contributed by atoms with van der Waals surface area (Å²) in [6.45, 7) is -0.0724. The molecule has 0 radical (unpaired) electrons. The molecule has 0 saturated heterocycles. The van der Waals surface area contributed by atoms with Crippen molar-refractivity contribution in [3.63, 3.8) is 0 Å². The fourth-order valence-corrected chi connectivity index (χ4v) is 1.48. The maximum atomic E-state index is 12.2. The van der Waals surface area contributed by atoms with Crippen molar-refractivity contribution in [2.45, 2.75) is 12.7 Å². The van der Waals surface area contributed by atoms with Gasteiger partial charge in [-0.1, -0.05) is 12.1 Å². The molecular weight excluding hydrogens is 257 g/mol. The van der Waals surface area contributed by atoms with Crippen LogP contribution in [0.4, 0.5) is 13.2 Å². The van der Waals surface area contributed by atoms with Crippen LogP contribution < -0.4 is 5.14 Å². The highest BCUT2D eigenvalue weighted by molar-refractivity contribution is 7.86. The minimum absolute atomic E-state index is 0.0724. The average Bonchev–Trinajstić information content (AvgIpc) is 2.15. The lowest BCUT2D eigenvalue weighted by Crippen LogP contribution is -2.32. The largest absolute Gasteiger partial charge is 0.416 e. The van der Waals surface area contributed by atoms with Gasteiger partial charge in [0.05, 0.1) is 5.56 Å². The Morgan fingerprint density at radius 3 is 2.06 bits per heavy atom. The Morgan fingerprint density at radius 2 is 1.71 bits per heavy atom. The van der Waals surface area contributed by atoms with Gasteiger partial charge in [-0.3, -0.25) is 0 Å². The molecule has 8 heteroatoms. The van der Waals surface area contributed by atoms with Crippen LogP contribution in [-0.4, -0.2) is 19.8 Å². The molecule has 0 aromatic heterocycles. The van der Waals surface area contributed by atoms with Gasteiger partial charge < -0.3 is 0 Å². The number of alkyl halides is 3. The third-order valence-corrected chi connectivity index (χ3v) is 3.12. The second-order valence-electron chi connectivity index (χ2n) is 3.50. The Balaban J connectivity index is 2.83. The molecule has 96 valence electrons. The zero-order valence-electron chi connectivity index (χ0n) is 8.90. The first-order valence-corrected chi connectivity index (χ1v) is 6.01. The quantitative estimate of drug-likeness (QED) is 0.899. The molecule has 4 nitrogen and oxygen atoms in total. The summed E-state index contributed by atoms with van der Waals surface area (Å²) in [4.78, 5) is 0. The van der Waals surface area contributed by atoms with E-state index in [2.05, 4.69) is 0 Å². The molecule has 1 aromatic carbocycles. The van der Waals surface area contributed by atoms with Crippen LogP contribution in [0.5, 0.6) is 0 Å². The molecule has 0 amide bonds. The average molecular weight is 268 g/mol. The van der Waals surface area contributed by atoms with Crippen molar-refractivity contribution in [3.05, 3.63) is 35.4 Å². The fraction of sp³-hybridized carbons (Fsp3) is 0.333. The molecule has 0 bridgehead atoms. The summed E-state index contributed by atoms with van der Waals surface area (Å²) in [5.41, 5.74) is -0.353. The summed E-state index contributed by atoms with van der Waals surface area (Å²) in [6.07, 6.45) is -4.40. The lowest BCUT2D eigenvalue weighted by atomic mass is 10.1. The van der Waals surface area contributed by atoms with E-state index < -0.39 is 21.9 Å². The third-order valence-electron chi connectivity index (χ3n) is 2.12. The van der Waals surface area contributed by atoms with E-state index in [1.165, 1.54) is 19.2 Å². The lowest BCUT2D eigenvalue weighted by molar-refractivity contribution is -0.137. The predicted octanol–water partition coefficient (Wildman–Crippen LogP) is 1.34. The topological polar surface area (TPSA) is 63.4 Å². The molecule has 0 aliphatic heterocycles. The van der Waals surface area contributed by atoms with Gasteiger partial charge in [-0.25, -0.2) is 5.14 Å². The maximum absolute atomic E-state index is 12.2. The molecule has 0 fully saturated rings. The van der Waals surface area contributed by atoms with Gasteiger partial charge in [-0.15, -0.1) is 0 Å². The van der Waals surface area contributed by atoms with E-state index in [1.807, 2.05) is 0 Å². The summed E-state index contributed by atoms with van der Waals surface area (Å²) in [7, 11) is -2.59. The predicted molar refractivity (Wildman–Crippen MR) is 56.0 cm³/mol. The fourth-order valence-electron chi connectivity index (χ4n) is 1.15. The van der Waals surface area contributed by atoms with Crippen LogP contribution in [-0.2, 0) is 22.9 Å². The summed E-state index contributed by atoms with van der Waals surface area (Å²) in [5, 5.41) is 4.84. The van der Waals surface area contributed by atoms with Gasteiger partial charge in [0, 0.05) is 13.6 Å². The number of nitrogens with two attached hydrogens (primary N) is 1. The van der Waals surface area contributed by atoms with Crippen LogP contribution >= 0.6 is 0 Å². The highest BCUT2D eigenvalue weighted by Crippen LogP contribution is 2.29. The smallest absolute Gasteiger partial charge is 0.216 e. The van der Waals surface area contributed by atoms with E-state index in [0.29, 0.717) is 5.56 Å². The van der Waals surface area contributed by atoms with E-state index in [0.717, 1.165) is 16.4 Å². The first-order chi connectivity index (χ1) is 7.60. The number of halogens is 3. The summed E-state index contributed by atoms with van der Waals surface area (Å²) in [6, 6.07) is 4.22. The highest BCUT2D eigenvalue weighted by Gasteiger charge is 2.30. The van der Waals surface area contributed by atoms with Crippen molar-refractivity contribution in [2.75, 3.05) is 7.05 Å². The molecule has 0 atom stereocenters. The molecule has 2 N–H and O–H groups in total. The van der Waals surface area contributed by atoms with Crippen molar-refractivity contribution >= 4 is 10.2 Å². The second kappa shape index (κ2) is 4.63. The zero-order valence-corrected chi connectivity index (χ0v) is 9.72. The van der Waals surface area contributed by atoms with Gasteiger partial charge in [-0.2, -0.15) is 25.9 Å². The molecule has 0 aliphatic rings. The molecule has 17 heavy (non-hydrogen) atoms. The van der Waals surface area contributed by atoms with Crippen molar-refractivity contribution in [2.24, 2.45) is 5.14 Å². The number of benzene rings is 1. The minimum atomic E-state index is -4.40. The third kappa shape index (κ3) is 3.99. The SMILES string of the molecule is CN(Cc1ccc(C(F)(F)F)cc1)S(N)(=O)=O. The first kappa shape index (κ1) is 13.9. The lowest BCUT2D eigenvalue weighted by Gasteiger charge is -2.14. The Hall–Kier alpha value is -1.12. The monoisotopic (exact) mass is 268 g/mol. The van der Waals surface area contributed by atoms with Crippen LogP contribution in [0.1, 0.15) is 11.1 Å². The number of hydrogen-bond donors (Lipinski definition) is 1. The minimum Gasteiger partial charge on any atom is -0.216 e. The number of rotatable bonds is 3. The number of nitrogens with zero attached hydrogens (tertiary/aromatic N) is 1. The van der Waals surface area contributed by atoms with Crippen molar-refractivity contribution in [3.8, 4) is 0 Å². The Labute approximate surface area is 97.0 Å². The zero-order chi connectivity index (χ0) is 13.3. The molecule has 0 spiro atoms. The molecule has 0 unspecified atom stereocenters. The first-order valence-electron chi connectivity index (χ1n) is 4.51. The van der Waals surface area contributed by atoms with Crippen LogP contribution in [0.2, 0.25) is 0 Å². The van der Waals surface area contributed by atoms with Gasteiger partial charge in [0.2, 0.25) is 0 Å². The van der Waals surface area contributed by atoms with Crippen molar-refractivity contribution in [1.29, 1.82) is 0 Å². The molecule has 1 aromatic rings. The summed E-state index contributed by atoms with van der Waals surface area (Å²) in [5.74, 6) is 0. The van der Waals surface area contributed by atoms with Crippen LogP contribution in [0.3, 0.4) is 0 Å². The molecule has 1 rings (SSSR count). The Kier molecular flexibility index (Phi) is 3.80. The van der Waals surface area contributed by atoms with E-state index in [-0.39, 0.29) is 6.54 Å². The molecule has 0 aliphatic carbocycles. The van der Waals surface area contributed by atoms with Gasteiger partial charge in [0.25, 0.3) is 10.2 Å². The Morgan fingerprint density at radius 1 is 1.24 bits per heavy atom. The summed E-state index contributed by atoms with van der Waals surface area (Å²) >= 11 is 0. The molecular formula is C9H11F3N2O2S. The van der Waals surface area contributed by atoms with Crippen LogP contribution in [0.25, 0.3) is 0 Å². The van der Waals surface area contributed by atoms with Gasteiger partial charge in [0.15, 0.2) is 0 Å². The standard InChI is InChI=1S/C9H11F3N2O2S/c1-14(17(13,15)16)6-7-2-4-8(5-3-7)9(10,11)12/h2-5H,6H2,1H3,(H2,13,15,16). The van der Waals surface area contributed by atoms with E-state index in [9.17, 15) is 21.6 Å². The maximum Gasteiger partial charge on any atom is 0.416 e. The van der Waals surface area contributed by atoms with Crippen molar-refractivity contribution in [1.82, 2.24) is 4.31 Å². The van der Waals surface area contributed by atoms with Crippen LogP contribution in [0, 0.1) is 0 Å². The Bertz CT molecular complexity index is 482. The van der Waals surface area contributed by atoms with Gasteiger partial charge >= 0.3 is 6.18 Å². The second-order valence-corrected chi connectivity index (χ2v) is 5.15. The van der Waals surface area contributed by atoms with E-state index in [1.54, 1.807) is 0 Å². The van der Waals surface area contributed by atoms with Gasteiger partial charge in [-0.05, 0) is 17.7 Å². The van der Waals surface area contributed by atoms with Crippen molar-refractivity contribution < 1.29 is 21.6 Å². The summed E-state index contributed by atoms with van der Waals surface area (Å²) < 4.78 is 59.3. The molecule has 0 heterocycles. The highest BCUT2D eigenvalue weighted by atomic mass is 32.2. The van der Waals surface area contributed by atoms with E-state index in [4.69, 9.17) is 5.14 Å². The molecule has 0 saturated carbocycles. The normalized spacial score (nSPS) is 13.1. The van der Waals surface area contributed by atoms with Gasteiger partial charge in [0.1, 0.15) is 0 Å². The van der Waals surface area contributed by atoms with Crippen LogP contribution in [0.15, 0.2) is 24.3 Å².